The quantitative estimate of drug-likeness (QED) is 0.722. The SMILES string of the molecule is COc1ccc(CNC(=O)c2cc3cccc4c3n2C[C@@H](C)S4)cc1OC. The molecule has 1 amide bonds. The van der Waals surface area contributed by atoms with Gasteiger partial charge in [0.05, 0.1) is 19.7 Å². The number of aromatic nitrogens is 1. The molecule has 1 aliphatic rings. The first-order chi connectivity index (χ1) is 13.1. The van der Waals surface area contributed by atoms with E-state index in [1.807, 2.05) is 36.0 Å². The summed E-state index contributed by atoms with van der Waals surface area (Å²) < 4.78 is 12.7. The summed E-state index contributed by atoms with van der Waals surface area (Å²) in [7, 11) is 3.21. The molecule has 0 fully saturated rings. The third-order valence-electron chi connectivity index (χ3n) is 4.78. The van der Waals surface area contributed by atoms with E-state index in [2.05, 4.69) is 35.0 Å². The van der Waals surface area contributed by atoms with E-state index in [0.29, 0.717) is 29.0 Å². The van der Waals surface area contributed by atoms with Crippen molar-refractivity contribution in [2.24, 2.45) is 0 Å². The third kappa shape index (κ3) is 3.25. The molecule has 27 heavy (non-hydrogen) atoms. The van der Waals surface area contributed by atoms with E-state index in [4.69, 9.17) is 9.47 Å². The van der Waals surface area contributed by atoms with Gasteiger partial charge in [-0.05, 0) is 29.8 Å². The van der Waals surface area contributed by atoms with Crippen molar-refractivity contribution in [3.8, 4) is 11.5 Å². The Morgan fingerprint density at radius 2 is 2.00 bits per heavy atom. The molecule has 2 heterocycles. The van der Waals surface area contributed by atoms with Crippen LogP contribution >= 0.6 is 11.8 Å². The van der Waals surface area contributed by atoms with Crippen molar-refractivity contribution in [3.05, 3.63) is 53.7 Å². The number of amides is 1. The van der Waals surface area contributed by atoms with Crippen LogP contribution in [-0.4, -0.2) is 29.9 Å². The largest absolute Gasteiger partial charge is 0.493 e. The van der Waals surface area contributed by atoms with Crippen LogP contribution in [0.15, 0.2) is 47.4 Å². The van der Waals surface area contributed by atoms with Crippen molar-refractivity contribution in [1.82, 2.24) is 9.88 Å². The number of para-hydroxylation sites is 1. The van der Waals surface area contributed by atoms with Crippen molar-refractivity contribution < 1.29 is 14.3 Å². The second-order valence-corrected chi connectivity index (χ2v) is 8.11. The molecule has 1 aromatic heterocycles. The maximum absolute atomic E-state index is 12.9. The summed E-state index contributed by atoms with van der Waals surface area (Å²) in [6, 6.07) is 13.9. The van der Waals surface area contributed by atoms with Crippen molar-refractivity contribution >= 4 is 28.6 Å². The minimum Gasteiger partial charge on any atom is -0.493 e. The van der Waals surface area contributed by atoms with Gasteiger partial charge in [0.25, 0.3) is 5.91 Å². The van der Waals surface area contributed by atoms with Crippen molar-refractivity contribution in [2.75, 3.05) is 14.2 Å². The minimum atomic E-state index is -0.0639. The molecular formula is C21H22N2O3S. The predicted molar refractivity (Wildman–Crippen MR) is 108 cm³/mol. The molecule has 1 atom stereocenters. The van der Waals surface area contributed by atoms with E-state index in [-0.39, 0.29) is 5.91 Å². The standard InChI is InChI=1S/C21H22N2O3S/c1-13-12-23-16(10-15-5-4-6-19(27-13)20(15)23)21(24)22-11-14-7-8-17(25-2)18(9-14)26-3/h4-10,13H,11-12H2,1-3H3,(H,22,24)/t13-/m1/s1. The summed E-state index contributed by atoms with van der Waals surface area (Å²) in [6.45, 7) is 3.46. The second kappa shape index (κ2) is 7.19. The number of benzene rings is 2. The fourth-order valence-corrected chi connectivity index (χ4v) is 4.69. The molecule has 0 unspecified atom stereocenters. The van der Waals surface area contributed by atoms with Gasteiger partial charge in [0, 0.05) is 28.6 Å². The normalized spacial score (nSPS) is 15.6. The average molecular weight is 382 g/mol. The molecule has 2 aromatic carbocycles. The van der Waals surface area contributed by atoms with Gasteiger partial charge in [0.15, 0.2) is 11.5 Å². The maximum atomic E-state index is 12.9. The summed E-state index contributed by atoms with van der Waals surface area (Å²) in [5.74, 6) is 1.27. The number of hydrogen-bond acceptors (Lipinski definition) is 4. The first-order valence-corrected chi connectivity index (χ1v) is 9.76. The first-order valence-electron chi connectivity index (χ1n) is 8.88. The van der Waals surface area contributed by atoms with Crippen molar-refractivity contribution in [2.45, 2.75) is 30.2 Å². The Balaban J connectivity index is 1.58. The summed E-state index contributed by atoms with van der Waals surface area (Å²) in [5.41, 5.74) is 2.84. The maximum Gasteiger partial charge on any atom is 0.268 e. The number of nitrogens with one attached hydrogen (secondary N) is 1. The van der Waals surface area contributed by atoms with Gasteiger partial charge >= 0.3 is 0 Å². The van der Waals surface area contributed by atoms with E-state index >= 15 is 0 Å². The van der Waals surface area contributed by atoms with E-state index < -0.39 is 0 Å². The molecule has 3 aromatic rings. The molecule has 0 saturated carbocycles. The van der Waals surface area contributed by atoms with Gasteiger partial charge in [0.2, 0.25) is 0 Å². The van der Waals surface area contributed by atoms with Crippen LogP contribution in [0, 0.1) is 0 Å². The molecule has 0 spiro atoms. The Morgan fingerprint density at radius 3 is 2.78 bits per heavy atom. The first kappa shape index (κ1) is 17.8. The zero-order chi connectivity index (χ0) is 19.0. The number of carbonyl (C=O) groups excluding carboxylic acids is 1. The Kier molecular flexibility index (Phi) is 4.74. The van der Waals surface area contributed by atoms with Gasteiger partial charge < -0.3 is 19.4 Å². The Bertz CT molecular complexity index is 1010. The molecule has 6 heteroatoms. The topological polar surface area (TPSA) is 52.5 Å². The number of hydrogen-bond donors (Lipinski definition) is 1. The molecule has 0 bridgehead atoms. The van der Waals surface area contributed by atoms with Crippen molar-refractivity contribution in [1.29, 1.82) is 0 Å². The molecule has 4 rings (SSSR count). The molecule has 0 radical (unpaired) electrons. The number of methoxy groups -OCH3 is 2. The lowest BCUT2D eigenvalue weighted by molar-refractivity contribution is 0.0942. The molecule has 0 aliphatic carbocycles. The highest BCUT2D eigenvalue weighted by atomic mass is 32.2. The second-order valence-electron chi connectivity index (χ2n) is 6.63. The number of thioether (sulfide) groups is 1. The van der Waals surface area contributed by atoms with Crippen LogP contribution in [0.5, 0.6) is 11.5 Å². The Hall–Kier alpha value is -2.60. The summed E-state index contributed by atoms with van der Waals surface area (Å²) >= 11 is 1.87. The van der Waals surface area contributed by atoms with E-state index in [9.17, 15) is 4.79 Å². The van der Waals surface area contributed by atoms with Gasteiger partial charge in [-0.1, -0.05) is 25.1 Å². The molecular weight excluding hydrogens is 360 g/mol. The van der Waals surface area contributed by atoms with Gasteiger partial charge in [-0.3, -0.25) is 4.79 Å². The fourth-order valence-electron chi connectivity index (χ4n) is 3.54. The minimum absolute atomic E-state index is 0.0639. The van der Waals surface area contributed by atoms with Crippen LogP contribution in [0.2, 0.25) is 0 Å². The van der Waals surface area contributed by atoms with Crippen LogP contribution in [0.25, 0.3) is 10.9 Å². The average Bonchev–Trinajstić information content (AvgIpc) is 3.05. The van der Waals surface area contributed by atoms with Gasteiger partial charge in [-0.25, -0.2) is 0 Å². The van der Waals surface area contributed by atoms with Gasteiger partial charge in [-0.2, -0.15) is 0 Å². The van der Waals surface area contributed by atoms with E-state index in [1.54, 1.807) is 14.2 Å². The van der Waals surface area contributed by atoms with Crippen LogP contribution in [0.4, 0.5) is 0 Å². The Morgan fingerprint density at radius 1 is 1.19 bits per heavy atom. The molecule has 1 aliphatic heterocycles. The van der Waals surface area contributed by atoms with Gasteiger partial charge in [0.1, 0.15) is 5.69 Å². The highest BCUT2D eigenvalue weighted by Crippen LogP contribution is 2.38. The van der Waals surface area contributed by atoms with Crippen LogP contribution in [0.3, 0.4) is 0 Å². The zero-order valence-corrected chi connectivity index (χ0v) is 16.4. The number of ether oxygens (including phenoxy) is 2. The lowest BCUT2D eigenvalue weighted by atomic mass is 10.2. The number of nitrogens with zero attached hydrogens (tertiary/aromatic N) is 1. The van der Waals surface area contributed by atoms with E-state index in [0.717, 1.165) is 23.0 Å². The monoisotopic (exact) mass is 382 g/mol. The predicted octanol–water partition coefficient (Wildman–Crippen LogP) is 4.08. The lowest BCUT2D eigenvalue weighted by Gasteiger charge is -2.22. The highest BCUT2D eigenvalue weighted by molar-refractivity contribution is 8.00. The van der Waals surface area contributed by atoms with Crippen molar-refractivity contribution in [3.63, 3.8) is 0 Å². The van der Waals surface area contributed by atoms with E-state index in [1.165, 1.54) is 4.90 Å². The van der Waals surface area contributed by atoms with Crippen LogP contribution in [-0.2, 0) is 13.1 Å². The number of rotatable bonds is 5. The summed E-state index contributed by atoms with van der Waals surface area (Å²) in [5, 5.41) is 4.59. The lowest BCUT2D eigenvalue weighted by Crippen LogP contribution is -2.27. The third-order valence-corrected chi connectivity index (χ3v) is 5.92. The molecule has 0 saturated heterocycles. The van der Waals surface area contributed by atoms with Crippen LogP contribution in [0.1, 0.15) is 23.0 Å². The summed E-state index contributed by atoms with van der Waals surface area (Å²) in [4.78, 5) is 14.1. The zero-order valence-electron chi connectivity index (χ0n) is 15.6. The smallest absolute Gasteiger partial charge is 0.268 e. The van der Waals surface area contributed by atoms with Crippen LogP contribution < -0.4 is 14.8 Å². The molecule has 5 nitrogen and oxygen atoms in total. The van der Waals surface area contributed by atoms with Gasteiger partial charge in [-0.15, -0.1) is 11.8 Å². The Labute approximate surface area is 162 Å². The summed E-state index contributed by atoms with van der Waals surface area (Å²) in [6.07, 6.45) is 0. The fraction of sp³-hybridized carbons (Fsp3) is 0.286. The number of carbonyl (C=O) groups is 1. The molecule has 140 valence electrons. The highest BCUT2D eigenvalue weighted by Gasteiger charge is 2.23. The molecule has 1 N–H and O–H groups in total.